The quantitative estimate of drug-likeness (QED) is 0.195. The Kier molecular flexibility index (Phi) is 8.30. The van der Waals surface area contributed by atoms with Crippen molar-refractivity contribution >= 4 is 23.4 Å². The number of nitrogens with one attached hydrogen (secondary N) is 1. The maximum atomic E-state index is 12.6. The van der Waals surface area contributed by atoms with Crippen LogP contribution in [-0.2, 0) is 4.79 Å². The van der Waals surface area contributed by atoms with Gasteiger partial charge in [-0.1, -0.05) is 11.8 Å². The van der Waals surface area contributed by atoms with Gasteiger partial charge in [-0.25, -0.2) is 5.43 Å². The summed E-state index contributed by atoms with van der Waals surface area (Å²) in [4.78, 5) is 16.8. The van der Waals surface area contributed by atoms with Crippen LogP contribution in [0.5, 0.6) is 11.5 Å². The Morgan fingerprint density at radius 2 is 1.81 bits per heavy atom. The van der Waals surface area contributed by atoms with Crippen molar-refractivity contribution in [1.29, 1.82) is 0 Å². The fourth-order valence-electron chi connectivity index (χ4n) is 3.34. The number of nitrogens with zero attached hydrogens (tertiary/aromatic N) is 5. The number of hydrogen-bond donors (Lipinski definition) is 1. The standard InChI is InChI=1S/C26H26N6O3S/c1-4-35-23-13-9-21(10-14-23)32-25(20-6-5-15-27-16-20)30-31-26(32)36-17-24(33)29-28-18(2)19-7-11-22(34-3)12-8-19/h5-16H,4,17H2,1-3H3,(H,29,33)/b28-18+. The number of ether oxygens (including phenoxy) is 2. The molecule has 184 valence electrons. The average molecular weight is 503 g/mol. The Morgan fingerprint density at radius 3 is 2.47 bits per heavy atom. The second-order valence-electron chi connectivity index (χ2n) is 7.56. The van der Waals surface area contributed by atoms with Gasteiger partial charge >= 0.3 is 0 Å². The molecule has 36 heavy (non-hydrogen) atoms. The van der Waals surface area contributed by atoms with Crippen molar-refractivity contribution < 1.29 is 14.3 Å². The Bertz CT molecular complexity index is 1320. The van der Waals surface area contributed by atoms with Crippen molar-refractivity contribution in [2.45, 2.75) is 19.0 Å². The van der Waals surface area contributed by atoms with Crippen LogP contribution in [-0.4, -0.2) is 50.8 Å². The van der Waals surface area contributed by atoms with Gasteiger partial charge in [-0.2, -0.15) is 5.10 Å². The van der Waals surface area contributed by atoms with Gasteiger partial charge in [0.25, 0.3) is 5.91 Å². The number of thioether (sulfide) groups is 1. The van der Waals surface area contributed by atoms with Gasteiger partial charge in [-0.15, -0.1) is 10.2 Å². The molecule has 1 amide bonds. The number of carbonyl (C=O) groups is 1. The molecule has 2 aromatic heterocycles. The number of methoxy groups -OCH3 is 1. The molecule has 0 aliphatic heterocycles. The Balaban J connectivity index is 1.50. The van der Waals surface area contributed by atoms with E-state index in [4.69, 9.17) is 9.47 Å². The van der Waals surface area contributed by atoms with E-state index in [1.54, 1.807) is 19.5 Å². The van der Waals surface area contributed by atoms with Crippen LogP contribution in [0.4, 0.5) is 0 Å². The molecule has 0 aliphatic carbocycles. The minimum absolute atomic E-state index is 0.113. The van der Waals surface area contributed by atoms with E-state index in [-0.39, 0.29) is 11.7 Å². The van der Waals surface area contributed by atoms with Crippen LogP contribution in [0.1, 0.15) is 19.4 Å². The smallest absolute Gasteiger partial charge is 0.250 e. The molecule has 0 aliphatic rings. The first-order valence-electron chi connectivity index (χ1n) is 11.3. The van der Waals surface area contributed by atoms with Crippen molar-refractivity contribution in [3.05, 3.63) is 78.6 Å². The van der Waals surface area contributed by atoms with E-state index in [2.05, 4.69) is 25.7 Å². The summed E-state index contributed by atoms with van der Waals surface area (Å²) in [6, 6.07) is 18.9. The van der Waals surface area contributed by atoms with Gasteiger partial charge < -0.3 is 9.47 Å². The van der Waals surface area contributed by atoms with Crippen molar-refractivity contribution in [1.82, 2.24) is 25.2 Å². The van der Waals surface area contributed by atoms with E-state index >= 15 is 0 Å². The van der Waals surface area contributed by atoms with Gasteiger partial charge in [0.2, 0.25) is 0 Å². The molecule has 10 heteroatoms. The number of hydrogen-bond acceptors (Lipinski definition) is 8. The maximum absolute atomic E-state index is 12.6. The fourth-order valence-corrected chi connectivity index (χ4v) is 4.09. The molecule has 4 rings (SSSR count). The second-order valence-corrected chi connectivity index (χ2v) is 8.50. The number of benzene rings is 2. The largest absolute Gasteiger partial charge is 0.497 e. The molecule has 0 saturated heterocycles. The maximum Gasteiger partial charge on any atom is 0.250 e. The lowest BCUT2D eigenvalue weighted by atomic mass is 10.1. The first kappa shape index (κ1) is 24.9. The minimum Gasteiger partial charge on any atom is -0.497 e. The predicted octanol–water partition coefficient (Wildman–Crippen LogP) is 4.37. The predicted molar refractivity (Wildman–Crippen MR) is 140 cm³/mol. The van der Waals surface area contributed by atoms with Crippen molar-refractivity contribution in [2.75, 3.05) is 19.5 Å². The summed E-state index contributed by atoms with van der Waals surface area (Å²) in [6.07, 6.45) is 3.43. The van der Waals surface area contributed by atoms with Gasteiger partial charge in [0.15, 0.2) is 11.0 Å². The molecule has 0 fully saturated rings. The number of rotatable bonds is 10. The number of aromatic nitrogens is 4. The Hall–Kier alpha value is -4.18. The van der Waals surface area contributed by atoms with Crippen molar-refractivity contribution in [3.8, 4) is 28.6 Å². The minimum atomic E-state index is -0.253. The van der Waals surface area contributed by atoms with Crippen LogP contribution in [0.2, 0.25) is 0 Å². The highest BCUT2D eigenvalue weighted by molar-refractivity contribution is 7.99. The highest BCUT2D eigenvalue weighted by Crippen LogP contribution is 2.28. The molecule has 2 aromatic carbocycles. The zero-order chi connectivity index (χ0) is 25.3. The molecule has 1 N–H and O–H groups in total. The molecule has 4 aromatic rings. The molecule has 0 radical (unpaired) electrons. The van der Waals surface area contributed by atoms with E-state index < -0.39 is 0 Å². The highest BCUT2D eigenvalue weighted by atomic mass is 32.2. The lowest BCUT2D eigenvalue weighted by Gasteiger charge is -2.11. The summed E-state index contributed by atoms with van der Waals surface area (Å²) in [5.41, 5.74) is 5.85. The first-order chi connectivity index (χ1) is 17.6. The summed E-state index contributed by atoms with van der Waals surface area (Å²) in [5.74, 6) is 2.02. The fraction of sp³-hybridized carbons (Fsp3) is 0.192. The number of hydrazone groups is 1. The summed E-state index contributed by atoms with van der Waals surface area (Å²) < 4.78 is 12.6. The normalized spacial score (nSPS) is 11.2. The lowest BCUT2D eigenvalue weighted by Crippen LogP contribution is -2.21. The van der Waals surface area contributed by atoms with E-state index in [0.717, 1.165) is 28.3 Å². The van der Waals surface area contributed by atoms with E-state index in [1.807, 2.05) is 79.1 Å². The van der Waals surface area contributed by atoms with Gasteiger partial charge in [-0.05, 0) is 80.1 Å². The van der Waals surface area contributed by atoms with Gasteiger partial charge in [0.05, 0.1) is 25.2 Å². The number of pyridine rings is 1. The average Bonchev–Trinajstić information content (AvgIpc) is 3.35. The third kappa shape index (κ3) is 6.08. The van der Waals surface area contributed by atoms with Crippen molar-refractivity contribution in [3.63, 3.8) is 0 Å². The summed E-state index contributed by atoms with van der Waals surface area (Å²) >= 11 is 1.27. The zero-order valence-corrected chi connectivity index (χ0v) is 21.0. The topological polar surface area (TPSA) is 104 Å². The van der Waals surface area contributed by atoms with Crippen LogP contribution in [0.15, 0.2) is 83.3 Å². The first-order valence-corrected chi connectivity index (χ1v) is 12.3. The van der Waals surface area contributed by atoms with E-state index in [9.17, 15) is 4.79 Å². The molecule has 0 saturated carbocycles. The second kappa shape index (κ2) is 12.0. The molecule has 9 nitrogen and oxygen atoms in total. The summed E-state index contributed by atoms with van der Waals surface area (Å²) in [6.45, 7) is 4.36. The van der Waals surface area contributed by atoms with E-state index in [0.29, 0.717) is 23.3 Å². The van der Waals surface area contributed by atoms with E-state index in [1.165, 1.54) is 11.8 Å². The van der Waals surface area contributed by atoms with Crippen LogP contribution in [0.3, 0.4) is 0 Å². The van der Waals surface area contributed by atoms with Crippen LogP contribution >= 0.6 is 11.8 Å². The molecule has 0 atom stereocenters. The Morgan fingerprint density at radius 1 is 1.06 bits per heavy atom. The van der Waals surface area contributed by atoms with Crippen LogP contribution in [0.25, 0.3) is 17.1 Å². The van der Waals surface area contributed by atoms with Gasteiger partial charge in [0.1, 0.15) is 11.5 Å². The zero-order valence-electron chi connectivity index (χ0n) is 20.2. The van der Waals surface area contributed by atoms with Gasteiger partial charge in [-0.3, -0.25) is 14.3 Å². The monoisotopic (exact) mass is 502 g/mol. The van der Waals surface area contributed by atoms with Gasteiger partial charge in [0, 0.05) is 23.6 Å². The number of carbonyl (C=O) groups excluding carboxylic acids is 1. The summed E-state index contributed by atoms with van der Waals surface area (Å²) in [7, 11) is 1.62. The third-order valence-corrected chi connectivity index (χ3v) is 6.08. The molecule has 0 spiro atoms. The van der Waals surface area contributed by atoms with Crippen LogP contribution < -0.4 is 14.9 Å². The molecular formula is C26H26N6O3S. The third-order valence-electron chi connectivity index (χ3n) is 5.15. The number of amides is 1. The molecule has 2 heterocycles. The van der Waals surface area contributed by atoms with Crippen molar-refractivity contribution in [2.24, 2.45) is 5.10 Å². The summed E-state index contributed by atoms with van der Waals surface area (Å²) in [5, 5.41) is 13.5. The lowest BCUT2D eigenvalue weighted by molar-refractivity contribution is -0.118. The van der Waals surface area contributed by atoms with Crippen LogP contribution in [0, 0.1) is 0 Å². The SMILES string of the molecule is CCOc1ccc(-n2c(SCC(=O)N/N=C(\C)c3ccc(OC)cc3)nnc2-c2cccnc2)cc1. The molecule has 0 unspecified atom stereocenters. The molecular weight excluding hydrogens is 476 g/mol. The Labute approximate surface area is 213 Å². The molecule has 0 bridgehead atoms. The highest BCUT2D eigenvalue weighted by Gasteiger charge is 2.17.